The second kappa shape index (κ2) is 7.94. The summed E-state index contributed by atoms with van der Waals surface area (Å²) in [5.74, 6) is 0.578. The van der Waals surface area contributed by atoms with E-state index in [1.807, 2.05) is 18.9 Å². The van der Waals surface area contributed by atoms with Crippen molar-refractivity contribution in [1.82, 2.24) is 23.6 Å². The van der Waals surface area contributed by atoms with Crippen LogP contribution in [0.2, 0.25) is 0 Å². The minimum Gasteiger partial charge on any atom is -0.350 e. The molecule has 138 valence electrons. The number of aryl methyl sites for hydroxylation is 1. The van der Waals surface area contributed by atoms with E-state index in [1.54, 1.807) is 47.6 Å². The van der Waals surface area contributed by atoms with E-state index in [-0.39, 0.29) is 4.90 Å². The smallest absolute Gasteiger partial charge is 0.248 e. The second-order valence-electron chi connectivity index (χ2n) is 5.83. The Bertz CT molecular complexity index is 936. The van der Waals surface area contributed by atoms with Crippen LogP contribution in [0.25, 0.3) is 5.95 Å². The zero-order valence-corrected chi connectivity index (χ0v) is 16.2. The third-order valence-corrected chi connectivity index (χ3v) is 6.06. The molecule has 0 fully saturated rings. The van der Waals surface area contributed by atoms with E-state index >= 15 is 0 Å². The Labute approximate surface area is 156 Å². The van der Waals surface area contributed by atoms with Crippen molar-refractivity contribution < 1.29 is 8.42 Å². The number of anilines is 1. The Morgan fingerprint density at radius 2 is 2.04 bits per heavy atom. The van der Waals surface area contributed by atoms with Gasteiger partial charge < -0.3 is 4.90 Å². The SMILES string of the molecule is Cc1ccc(S(=O)(=O)NCCCN(C)c2nc(-n3ccnc3)ns2)cc1. The zero-order valence-electron chi connectivity index (χ0n) is 14.5. The molecule has 2 aromatic heterocycles. The summed E-state index contributed by atoms with van der Waals surface area (Å²) in [6.45, 7) is 2.94. The third-order valence-electron chi connectivity index (χ3n) is 3.76. The number of rotatable bonds is 8. The maximum Gasteiger partial charge on any atom is 0.248 e. The fourth-order valence-corrected chi connectivity index (χ4v) is 3.99. The van der Waals surface area contributed by atoms with E-state index < -0.39 is 10.0 Å². The first-order valence-corrected chi connectivity index (χ1v) is 10.3. The molecule has 0 atom stereocenters. The van der Waals surface area contributed by atoms with Crippen LogP contribution in [0.3, 0.4) is 0 Å². The van der Waals surface area contributed by atoms with Crippen molar-refractivity contribution in [2.45, 2.75) is 18.2 Å². The van der Waals surface area contributed by atoms with Crippen LogP contribution in [0.4, 0.5) is 5.13 Å². The van der Waals surface area contributed by atoms with Crippen LogP contribution >= 0.6 is 11.5 Å². The molecular formula is C16H20N6O2S2. The Hall–Kier alpha value is -2.30. The largest absolute Gasteiger partial charge is 0.350 e. The van der Waals surface area contributed by atoms with Crippen LogP contribution in [0, 0.1) is 6.92 Å². The number of hydrogen-bond donors (Lipinski definition) is 1. The van der Waals surface area contributed by atoms with E-state index in [0.717, 1.165) is 10.7 Å². The molecule has 3 rings (SSSR count). The molecular weight excluding hydrogens is 372 g/mol. The summed E-state index contributed by atoms with van der Waals surface area (Å²) >= 11 is 1.30. The topological polar surface area (TPSA) is 93.0 Å². The molecule has 0 spiro atoms. The Balaban J connectivity index is 1.49. The lowest BCUT2D eigenvalue weighted by molar-refractivity contribution is 0.579. The van der Waals surface area contributed by atoms with Crippen molar-refractivity contribution in [2.75, 3.05) is 25.0 Å². The van der Waals surface area contributed by atoms with E-state index in [1.165, 1.54) is 11.5 Å². The normalized spacial score (nSPS) is 11.6. The number of nitrogens with one attached hydrogen (secondary N) is 1. The third kappa shape index (κ3) is 4.45. The predicted octanol–water partition coefficient (Wildman–Crippen LogP) is 1.84. The summed E-state index contributed by atoms with van der Waals surface area (Å²) in [5.41, 5.74) is 1.03. The fraction of sp³-hybridized carbons (Fsp3) is 0.312. The van der Waals surface area contributed by atoms with Gasteiger partial charge in [0.25, 0.3) is 0 Å². The number of sulfonamides is 1. The molecule has 0 radical (unpaired) electrons. The molecule has 0 aliphatic carbocycles. The number of aromatic nitrogens is 4. The molecule has 0 bridgehead atoms. The predicted molar refractivity (Wildman–Crippen MR) is 101 cm³/mol. The van der Waals surface area contributed by atoms with Crippen LogP contribution in [-0.4, -0.2) is 47.5 Å². The minimum absolute atomic E-state index is 0.283. The molecule has 0 unspecified atom stereocenters. The molecule has 1 N–H and O–H groups in total. The highest BCUT2D eigenvalue weighted by molar-refractivity contribution is 7.89. The lowest BCUT2D eigenvalue weighted by atomic mass is 10.2. The van der Waals surface area contributed by atoms with Crippen molar-refractivity contribution in [3.8, 4) is 5.95 Å². The lowest BCUT2D eigenvalue weighted by Gasteiger charge is -2.15. The summed E-state index contributed by atoms with van der Waals surface area (Å²) in [6.07, 6.45) is 5.75. The van der Waals surface area contributed by atoms with E-state index in [0.29, 0.717) is 25.5 Å². The van der Waals surface area contributed by atoms with Gasteiger partial charge in [-0.05, 0) is 25.5 Å². The van der Waals surface area contributed by atoms with Gasteiger partial charge >= 0.3 is 0 Å². The van der Waals surface area contributed by atoms with Crippen molar-refractivity contribution in [2.24, 2.45) is 0 Å². The molecule has 0 aliphatic heterocycles. The van der Waals surface area contributed by atoms with Crippen molar-refractivity contribution in [1.29, 1.82) is 0 Å². The summed E-state index contributed by atoms with van der Waals surface area (Å²) in [4.78, 5) is 10.7. The number of benzene rings is 1. The van der Waals surface area contributed by atoms with Gasteiger partial charge in [0, 0.05) is 44.1 Å². The summed E-state index contributed by atoms with van der Waals surface area (Å²) in [5, 5.41) is 0.773. The van der Waals surface area contributed by atoms with Gasteiger partial charge in [-0.15, -0.1) is 0 Å². The van der Waals surface area contributed by atoms with Crippen LogP contribution in [0.5, 0.6) is 0 Å². The van der Waals surface area contributed by atoms with E-state index in [4.69, 9.17) is 0 Å². The van der Waals surface area contributed by atoms with Crippen LogP contribution in [-0.2, 0) is 10.0 Å². The number of imidazole rings is 1. The highest BCUT2D eigenvalue weighted by Gasteiger charge is 2.14. The van der Waals surface area contributed by atoms with Crippen LogP contribution in [0.1, 0.15) is 12.0 Å². The lowest BCUT2D eigenvalue weighted by Crippen LogP contribution is -2.28. The van der Waals surface area contributed by atoms with Gasteiger partial charge in [0.2, 0.25) is 21.1 Å². The summed E-state index contributed by atoms with van der Waals surface area (Å²) in [6, 6.07) is 6.80. The molecule has 0 saturated heterocycles. The second-order valence-corrected chi connectivity index (χ2v) is 8.33. The molecule has 2 heterocycles. The number of hydrogen-bond acceptors (Lipinski definition) is 7. The highest BCUT2D eigenvalue weighted by Crippen LogP contribution is 2.18. The summed E-state index contributed by atoms with van der Waals surface area (Å²) < 4.78 is 33.1. The van der Waals surface area contributed by atoms with Gasteiger partial charge in [0.15, 0.2) is 0 Å². The highest BCUT2D eigenvalue weighted by atomic mass is 32.2. The van der Waals surface area contributed by atoms with Crippen LogP contribution in [0.15, 0.2) is 47.9 Å². The first kappa shape index (κ1) is 18.5. The number of nitrogens with zero attached hydrogens (tertiary/aromatic N) is 5. The minimum atomic E-state index is -3.47. The molecule has 8 nitrogen and oxygen atoms in total. The maximum absolute atomic E-state index is 12.2. The van der Waals surface area contributed by atoms with E-state index in [2.05, 4.69) is 19.1 Å². The Kier molecular flexibility index (Phi) is 5.64. The van der Waals surface area contributed by atoms with Gasteiger partial charge in [0.05, 0.1) is 4.90 Å². The molecule has 0 saturated carbocycles. The first-order chi connectivity index (χ1) is 12.5. The van der Waals surface area contributed by atoms with Gasteiger partial charge in [-0.3, -0.25) is 4.57 Å². The van der Waals surface area contributed by atoms with Gasteiger partial charge in [0.1, 0.15) is 6.33 Å². The van der Waals surface area contributed by atoms with Crippen LogP contribution < -0.4 is 9.62 Å². The zero-order chi connectivity index (χ0) is 18.6. The molecule has 3 aromatic rings. The standard InChI is InChI=1S/C16H20N6O2S2/c1-13-4-6-14(7-5-13)26(23,24)18-8-3-10-21(2)16-19-15(20-25-16)22-11-9-17-12-22/h4-7,9,11-12,18H,3,8,10H2,1-2H3. The molecule has 0 aliphatic rings. The molecule has 1 aromatic carbocycles. The van der Waals surface area contributed by atoms with Gasteiger partial charge in [-0.25, -0.2) is 18.1 Å². The fourth-order valence-electron chi connectivity index (χ4n) is 2.26. The molecule has 0 amide bonds. The first-order valence-electron chi connectivity index (χ1n) is 8.05. The van der Waals surface area contributed by atoms with Gasteiger partial charge in [-0.2, -0.15) is 9.36 Å². The average molecular weight is 393 g/mol. The van der Waals surface area contributed by atoms with Crippen molar-refractivity contribution in [3.63, 3.8) is 0 Å². The van der Waals surface area contributed by atoms with Crippen molar-refractivity contribution in [3.05, 3.63) is 48.5 Å². The maximum atomic E-state index is 12.2. The molecule has 10 heteroatoms. The Morgan fingerprint density at radius 3 is 2.73 bits per heavy atom. The quantitative estimate of drug-likeness (QED) is 0.588. The average Bonchev–Trinajstić information content (AvgIpc) is 3.30. The van der Waals surface area contributed by atoms with E-state index in [9.17, 15) is 8.42 Å². The summed E-state index contributed by atoms with van der Waals surface area (Å²) in [7, 11) is -1.56. The Morgan fingerprint density at radius 1 is 1.27 bits per heavy atom. The van der Waals surface area contributed by atoms with Gasteiger partial charge in [-0.1, -0.05) is 17.7 Å². The van der Waals surface area contributed by atoms with Crippen molar-refractivity contribution >= 4 is 26.7 Å². The molecule has 26 heavy (non-hydrogen) atoms. The monoisotopic (exact) mass is 392 g/mol.